The van der Waals surface area contributed by atoms with E-state index in [1.807, 2.05) is 30.3 Å². The van der Waals surface area contributed by atoms with Crippen LogP contribution in [-0.2, 0) is 11.0 Å². The van der Waals surface area contributed by atoms with Crippen LogP contribution < -0.4 is 5.32 Å². The molecule has 0 saturated heterocycles. The molecule has 2 aliphatic rings. The summed E-state index contributed by atoms with van der Waals surface area (Å²) < 4.78 is 40.7. The molecule has 1 atom stereocenters. The number of carboxylic acids is 1. The van der Waals surface area contributed by atoms with Crippen molar-refractivity contribution in [3.63, 3.8) is 0 Å². The van der Waals surface area contributed by atoms with Crippen molar-refractivity contribution >= 4 is 17.5 Å². The molecule has 8 heteroatoms. The van der Waals surface area contributed by atoms with E-state index in [2.05, 4.69) is 5.32 Å². The number of allylic oxidation sites excluding steroid dienone is 2. The van der Waals surface area contributed by atoms with Gasteiger partial charge >= 0.3 is 12.1 Å². The Morgan fingerprint density at radius 2 is 1.50 bits per heavy atom. The molecule has 0 fully saturated rings. The number of hydrogen-bond donors (Lipinski definition) is 2. The third kappa shape index (κ3) is 3.71. The maximum atomic E-state index is 13.6. The average molecular weight is 489 g/mol. The number of aryl methyl sites for hydroxylation is 1. The van der Waals surface area contributed by atoms with Crippen molar-refractivity contribution in [1.29, 1.82) is 0 Å². The number of hydrogen-bond acceptors (Lipinski definition) is 4. The highest BCUT2D eigenvalue weighted by atomic mass is 19.4. The number of carbonyl (C=O) groups excluding carboxylic acids is 2. The van der Waals surface area contributed by atoms with Crippen molar-refractivity contribution in [1.82, 2.24) is 5.32 Å². The van der Waals surface area contributed by atoms with E-state index < -0.39 is 40.8 Å². The van der Waals surface area contributed by atoms with Gasteiger partial charge in [-0.2, -0.15) is 13.2 Å². The summed E-state index contributed by atoms with van der Waals surface area (Å²) in [5.74, 6) is -3.95. The summed E-state index contributed by atoms with van der Waals surface area (Å²) in [5.41, 5.74) is -0.0611. The van der Waals surface area contributed by atoms with Crippen molar-refractivity contribution in [2.24, 2.45) is 0 Å². The number of alkyl halides is 3. The van der Waals surface area contributed by atoms with Gasteiger partial charge in [0, 0.05) is 28.8 Å². The maximum absolute atomic E-state index is 13.6. The first-order chi connectivity index (χ1) is 17.1. The summed E-state index contributed by atoms with van der Waals surface area (Å²) in [6.07, 6.45) is -3.56. The second-order valence-electron chi connectivity index (χ2n) is 8.63. The van der Waals surface area contributed by atoms with E-state index >= 15 is 0 Å². The van der Waals surface area contributed by atoms with Crippen LogP contribution in [0.4, 0.5) is 13.2 Å². The van der Waals surface area contributed by atoms with Crippen molar-refractivity contribution in [2.45, 2.75) is 19.0 Å². The highest BCUT2D eigenvalue weighted by molar-refractivity contribution is 6.28. The van der Waals surface area contributed by atoms with Crippen molar-refractivity contribution in [3.8, 4) is 11.1 Å². The molecule has 180 valence electrons. The molecular formula is C28H18F3NO4. The second-order valence-corrected chi connectivity index (χ2v) is 8.63. The van der Waals surface area contributed by atoms with Crippen LogP contribution in [0.3, 0.4) is 0 Å². The van der Waals surface area contributed by atoms with Crippen LogP contribution in [0.15, 0.2) is 89.8 Å². The van der Waals surface area contributed by atoms with Gasteiger partial charge in [0.25, 0.3) is 0 Å². The number of fused-ring (bicyclic) bond motifs is 1. The van der Waals surface area contributed by atoms with Crippen LogP contribution in [0.2, 0.25) is 0 Å². The van der Waals surface area contributed by atoms with E-state index in [1.54, 1.807) is 24.3 Å². The van der Waals surface area contributed by atoms with Gasteiger partial charge in [-0.05, 0) is 41.3 Å². The zero-order valence-electron chi connectivity index (χ0n) is 18.8. The molecule has 1 heterocycles. The molecular weight excluding hydrogens is 471 g/mol. The zero-order chi connectivity index (χ0) is 25.8. The van der Waals surface area contributed by atoms with Gasteiger partial charge in [0.05, 0.1) is 16.8 Å². The highest BCUT2D eigenvalue weighted by Gasteiger charge is 2.43. The molecule has 1 unspecified atom stereocenters. The van der Waals surface area contributed by atoms with Gasteiger partial charge in [-0.25, -0.2) is 4.79 Å². The van der Waals surface area contributed by atoms with Gasteiger partial charge < -0.3 is 10.4 Å². The maximum Gasteiger partial charge on any atom is 0.416 e. The smallest absolute Gasteiger partial charge is 0.416 e. The second kappa shape index (κ2) is 8.34. The number of dihydropyridines is 1. The van der Waals surface area contributed by atoms with E-state index in [1.165, 1.54) is 6.92 Å². The molecule has 5 rings (SSSR count). The molecule has 0 bridgehead atoms. The Labute approximate surface area is 203 Å². The van der Waals surface area contributed by atoms with E-state index in [0.717, 1.165) is 23.4 Å². The largest absolute Gasteiger partial charge is 0.478 e. The molecule has 0 aromatic heterocycles. The Hall–Kier alpha value is -4.46. The predicted molar refractivity (Wildman–Crippen MR) is 125 cm³/mol. The van der Waals surface area contributed by atoms with Crippen LogP contribution in [0, 0.1) is 6.92 Å². The molecule has 5 nitrogen and oxygen atoms in total. The fourth-order valence-corrected chi connectivity index (χ4v) is 4.74. The minimum Gasteiger partial charge on any atom is -0.478 e. The minimum atomic E-state index is -4.72. The summed E-state index contributed by atoms with van der Waals surface area (Å²) in [7, 11) is 0. The number of ketones is 2. The summed E-state index contributed by atoms with van der Waals surface area (Å²) in [4.78, 5) is 39.0. The van der Waals surface area contributed by atoms with Crippen molar-refractivity contribution in [2.75, 3.05) is 0 Å². The molecule has 1 aliphatic heterocycles. The van der Waals surface area contributed by atoms with E-state index in [0.29, 0.717) is 11.6 Å². The lowest BCUT2D eigenvalue weighted by atomic mass is 9.73. The van der Waals surface area contributed by atoms with E-state index in [4.69, 9.17) is 0 Å². The van der Waals surface area contributed by atoms with Crippen molar-refractivity contribution in [3.05, 3.63) is 118 Å². The number of benzene rings is 3. The lowest BCUT2D eigenvalue weighted by molar-refractivity contribution is -0.138. The van der Waals surface area contributed by atoms with E-state index in [9.17, 15) is 32.7 Å². The number of carbonyl (C=O) groups is 3. The van der Waals surface area contributed by atoms with Gasteiger partial charge in [-0.1, -0.05) is 54.6 Å². The highest BCUT2D eigenvalue weighted by Crippen LogP contribution is 2.43. The Morgan fingerprint density at radius 3 is 2.11 bits per heavy atom. The molecule has 0 radical (unpaired) electrons. The van der Waals surface area contributed by atoms with Gasteiger partial charge in [0.15, 0.2) is 5.78 Å². The number of carboxylic acid groups (broad SMARTS) is 1. The van der Waals surface area contributed by atoms with Crippen LogP contribution in [0.5, 0.6) is 0 Å². The minimum absolute atomic E-state index is 0.131. The number of rotatable bonds is 3. The third-order valence-electron chi connectivity index (χ3n) is 6.47. The Morgan fingerprint density at radius 1 is 0.889 bits per heavy atom. The molecule has 0 saturated carbocycles. The molecule has 1 aliphatic carbocycles. The van der Waals surface area contributed by atoms with Crippen LogP contribution >= 0.6 is 0 Å². The molecule has 3 aromatic carbocycles. The fourth-order valence-electron chi connectivity index (χ4n) is 4.74. The molecule has 0 amide bonds. The monoisotopic (exact) mass is 489 g/mol. The Bertz CT molecular complexity index is 1500. The third-order valence-corrected chi connectivity index (χ3v) is 6.47. The molecule has 3 aromatic rings. The summed E-state index contributed by atoms with van der Waals surface area (Å²) in [6.45, 7) is 1.22. The molecule has 36 heavy (non-hydrogen) atoms. The lowest BCUT2D eigenvalue weighted by Crippen LogP contribution is -2.36. The van der Waals surface area contributed by atoms with Crippen LogP contribution in [0.1, 0.15) is 43.3 Å². The first-order valence-corrected chi connectivity index (χ1v) is 11.0. The molecule has 2 N–H and O–H groups in total. The summed E-state index contributed by atoms with van der Waals surface area (Å²) in [6, 6.07) is 18.0. The number of Topliss-reactive ketones (excluding diaryl/α,β-unsaturated/α-hetero) is 2. The average Bonchev–Trinajstić information content (AvgIpc) is 2.86. The Balaban J connectivity index is 1.65. The standard InChI is InChI=1S/C28H18F3NO4/c1-14-11-18-19(12-21(14)28(29,30)31)25(33)23-22(20(27(35)36)13-32-24(23)26(18)34)17-9-7-16(8-10-17)15-5-3-2-4-6-15/h2-13,22,32H,1H3,(H,35,36). The van der Waals surface area contributed by atoms with Gasteiger partial charge in [-0.15, -0.1) is 0 Å². The predicted octanol–water partition coefficient (Wildman–Crippen LogP) is 5.67. The van der Waals surface area contributed by atoms with E-state index in [-0.39, 0.29) is 28.0 Å². The van der Waals surface area contributed by atoms with Gasteiger partial charge in [0.2, 0.25) is 5.78 Å². The normalized spacial score (nSPS) is 17.2. The number of halogens is 3. The quantitative estimate of drug-likeness (QED) is 0.496. The molecule has 0 spiro atoms. The fraction of sp³-hybridized carbons (Fsp3) is 0.107. The number of nitrogens with one attached hydrogen (secondary N) is 1. The summed E-state index contributed by atoms with van der Waals surface area (Å²) >= 11 is 0. The van der Waals surface area contributed by atoms with Gasteiger partial charge in [0.1, 0.15) is 0 Å². The first kappa shape index (κ1) is 23.3. The lowest BCUT2D eigenvalue weighted by Gasteiger charge is -2.31. The van der Waals surface area contributed by atoms with Crippen molar-refractivity contribution < 1.29 is 32.7 Å². The Kier molecular flexibility index (Phi) is 5.39. The number of aliphatic carboxylic acids is 1. The first-order valence-electron chi connectivity index (χ1n) is 11.0. The zero-order valence-corrected chi connectivity index (χ0v) is 18.8. The van der Waals surface area contributed by atoms with Crippen LogP contribution in [-0.4, -0.2) is 22.6 Å². The topological polar surface area (TPSA) is 83.5 Å². The SMILES string of the molecule is Cc1cc2c(cc1C(F)(F)F)C(=O)C1=C(NC=C(C(=O)O)C1c1ccc(-c3ccccc3)cc1)C2=O. The summed E-state index contributed by atoms with van der Waals surface area (Å²) in [5, 5.41) is 12.5. The van der Waals surface area contributed by atoms with Crippen LogP contribution in [0.25, 0.3) is 11.1 Å². The van der Waals surface area contributed by atoms with Gasteiger partial charge in [-0.3, -0.25) is 9.59 Å².